The number of benzene rings is 1. The minimum absolute atomic E-state index is 0.733. The van der Waals surface area contributed by atoms with Gasteiger partial charge in [0.1, 0.15) is 5.75 Å². The van der Waals surface area contributed by atoms with Crippen molar-refractivity contribution >= 4 is 21.4 Å². The second-order valence-electron chi connectivity index (χ2n) is 3.78. The van der Waals surface area contributed by atoms with Crippen molar-refractivity contribution in [1.29, 1.82) is 0 Å². The normalized spacial score (nSPS) is 10.6. The van der Waals surface area contributed by atoms with Gasteiger partial charge in [0.2, 0.25) is 0 Å². The Kier molecular flexibility index (Phi) is 2.53. The van der Waals surface area contributed by atoms with E-state index in [4.69, 9.17) is 4.74 Å². The molecule has 0 aliphatic rings. The third-order valence-electron chi connectivity index (χ3n) is 2.50. The summed E-state index contributed by atoms with van der Waals surface area (Å²) in [4.78, 5) is 0. The number of fused-ring (bicyclic) bond motifs is 1. The Labute approximate surface area is 94.0 Å². The molecule has 1 heterocycles. The molecule has 0 amide bonds. The molecule has 15 heavy (non-hydrogen) atoms. The molecule has 78 valence electrons. The van der Waals surface area contributed by atoms with E-state index >= 15 is 0 Å². The summed E-state index contributed by atoms with van der Waals surface area (Å²) in [6, 6.07) is 4.31. The van der Waals surface area contributed by atoms with E-state index in [1.165, 1.54) is 21.2 Å². The fraction of sp³-hybridized carbons (Fsp3) is 0.231. The summed E-state index contributed by atoms with van der Waals surface area (Å²) < 4.78 is 6.98. The number of thiophene rings is 1. The largest absolute Gasteiger partial charge is 0.462 e. The quantitative estimate of drug-likeness (QED) is 0.677. The molecule has 0 fully saturated rings. The zero-order chi connectivity index (χ0) is 11.0. The van der Waals surface area contributed by atoms with Crippen LogP contribution in [0, 0.1) is 13.8 Å². The van der Waals surface area contributed by atoms with Crippen LogP contribution in [-0.2, 0) is 0 Å². The first kappa shape index (κ1) is 10.2. The van der Waals surface area contributed by atoms with Crippen molar-refractivity contribution in [2.45, 2.75) is 20.8 Å². The highest BCUT2D eigenvalue weighted by Gasteiger charge is 2.10. The fourth-order valence-corrected chi connectivity index (χ4v) is 2.50. The highest BCUT2D eigenvalue weighted by Crippen LogP contribution is 2.35. The summed E-state index contributed by atoms with van der Waals surface area (Å²) >= 11 is 1.74. The number of hydrogen-bond acceptors (Lipinski definition) is 2. The average Bonchev–Trinajstić information content (AvgIpc) is 2.59. The molecule has 2 rings (SSSR count). The number of rotatable bonds is 2. The minimum Gasteiger partial charge on any atom is -0.462 e. The maximum atomic E-state index is 5.71. The van der Waals surface area contributed by atoms with E-state index in [1.807, 2.05) is 6.92 Å². The summed E-state index contributed by atoms with van der Waals surface area (Å²) in [5.74, 6) is 1.69. The zero-order valence-electron chi connectivity index (χ0n) is 9.26. The molecular weight excluding hydrogens is 204 g/mol. The van der Waals surface area contributed by atoms with Gasteiger partial charge in [-0.2, -0.15) is 0 Å². The van der Waals surface area contributed by atoms with Gasteiger partial charge < -0.3 is 4.74 Å². The van der Waals surface area contributed by atoms with Crippen LogP contribution in [0.3, 0.4) is 0 Å². The Bertz CT molecular complexity index is 523. The first-order chi connectivity index (χ1) is 7.09. The highest BCUT2D eigenvalue weighted by molar-refractivity contribution is 7.17. The molecule has 1 nitrogen and oxygen atoms in total. The number of aryl methyl sites for hydroxylation is 1. The van der Waals surface area contributed by atoms with Gasteiger partial charge in [-0.3, -0.25) is 0 Å². The van der Waals surface area contributed by atoms with Gasteiger partial charge in [0, 0.05) is 10.1 Å². The van der Waals surface area contributed by atoms with Crippen LogP contribution in [-0.4, -0.2) is 0 Å². The number of ether oxygens (including phenoxy) is 1. The predicted octanol–water partition coefficient (Wildman–Crippen LogP) is 4.43. The van der Waals surface area contributed by atoms with Gasteiger partial charge in [-0.1, -0.05) is 6.58 Å². The SMILES string of the molecule is C=C(C)Oc1c(C)c(C)cc2sccc12. The number of allylic oxidation sites excluding steroid dienone is 1. The van der Waals surface area contributed by atoms with Crippen LogP contribution >= 0.6 is 11.3 Å². The lowest BCUT2D eigenvalue weighted by atomic mass is 10.1. The molecule has 1 aromatic carbocycles. The minimum atomic E-state index is 0.733. The molecule has 0 atom stereocenters. The van der Waals surface area contributed by atoms with E-state index < -0.39 is 0 Å². The van der Waals surface area contributed by atoms with E-state index in [0.717, 1.165) is 11.5 Å². The van der Waals surface area contributed by atoms with Crippen LogP contribution in [0.5, 0.6) is 5.75 Å². The molecule has 0 unspecified atom stereocenters. The van der Waals surface area contributed by atoms with Crippen LogP contribution in [0.15, 0.2) is 29.9 Å². The van der Waals surface area contributed by atoms with E-state index in [0.29, 0.717) is 0 Å². The topological polar surface area (TPSA) is 9.23 Å². The fourth-order valence-electron chi connectivity index (χ4n) is 1.61. The van der Waals surface area contributed by atoms with Crippen LogP contribution < -0.4 is 4.74 Å². The molecular formula is C13H14OS. The smallest absolute Gasteiger partial charge is 0.138 e. The molecule has 1 aromatic heterocycles. The van der Waals surface area contributed by atoms with Gasteiger partial charge in [-0.05, 0) is 49.4 Å². The monoisotopic (exact) mass is 218 g/mol. The Hall–Kier alpha value is -1.28. The molecule has 0 N–H and O–H groups in total. The summed E-state index contributed by atoms with van der Waals surface area (Å²) in [5.41, 5.74) is 2.46. The van der Waals surface area contributed by atoms with Gasteiger partial charge in [-0.15, -0.1) is 11.3 Å². The Balaban J connectivity index is 2.71. The average molecular weight is 218 g/mol. The highest BCUT2D eigenvalue weighted by atomic mass is 32.1. The molecule has 0 bridgehead atoms. The molecule has 0 spiro atoms. The third-order valence-corrected chi connectivity index (χ3v) is 3.36. The Morgan fingerprint density at radius 2 is 2.13 bits per heavy atom. The molecule has 0 aliphatic heterocycles. The second kappa shape index (κ2) is 3.70. The maximum Gasteiger partial charge on any atom is 0.138 e. The van der Waals surface area contributed by atoms with Crippen molar-refractivity contribution < 1.29 is 4.74 Å². The van der Waals surface area contributed by atoms with Crippen molar-refractivity contribution in [3.05, 3.63) is 41.0 Å². The van der Waals surface area contributed by atoms with Gasteiger partial charge in [0.05, 0.1) is 5.76 Å². The van der Waals surface area contributed by atoms with Crippen LogP contribution in [0.4, 0.5) is 0 Å². The van der Waals surface area contributed by atoms with Crippen LogP contribution in [0.1, 0.15) is 18.1 Å². The number of hydrogen-bond donors (Lipinski definition) is 0. The lowest BCUT2D eigenvalue weighted by Gasteiger charge is -2.11. The van der Waals surface area contributed by atoms with Crippen LogP contribution in [0.25, 0.3) is 10.1 Å². The summed E-state index contributed by atoms with van der Waals surface area (Å²) in [6.45, 7) is 9.87. The lowest BCUT2D eigenvalue weighted by Crippen LogP contribution is -1.93. The molecule has 0 saturated heterocycles. The molecule has 0 saturated carbocycles. The Morgan fingerprint density at radius 1 is 1.40 bits per heavy atom. The van der Waals surface area contributed by atoms with E-state index in [1.54, 1.807) is 11.3 Å². The van der Waals surface area contributed by atoms with Gasteiger partial charge in [0.25, 0.3) is 0 Å². The maximum absolute atomic E-state index is 5.71. The molecule has 0 aliphatic carbocycles. The summed E-state index contributed by atoms with van der Waals surface area (Å²) in [6.07, 6.45) is 0. The molecule has 0 radical (unpaired) electrons. The van der Waals surface area contributed by atoms with Crippen molar-refractivity contribution in [2.24, 2.45) is 0 Å². The van der Waals surface area contributed by atoms with Crippen molar-refractivity contribution in [1.82, 2.24) is 0 Å². The Morgan fingerprint density at radius 3 is 2.80 bits per heavy atom. The van der Waals surface area contributed by atoms with Gasteiger partial charge >= 0.3 is 0 Å². The van der Waals surface area contributed by atoms with Crippen molar-refractivity contribution in [3.8, 4) is 5.75 Å². The standard InChI is InChI=1S/C13H14OS/c1-8(2)14-13-10(4)9(3)7-12-11(13)5-6-15-12/h5-7H,1H2,2-4H3. The van der Waals surface area contributed by atoms with Gasteiger partial charge in [0.15, 0.2) is 0 Å². The van der Waals surface area contributed by atoms with Crippen LogP contribution in [0.2, 0.25) is 0 Å². The van der Waals surface area contributed by atoms with Crippen molar-refractivity contribution in [3.63, 3.8) is 0 Å². The summed E-state index contributed by atoms with van der Waals surface area (Å²) in [5, 5.41) is 3.28. The molecule has 2 aromatic rings. The first-order valence-corrected chi connectivity index (χ1v) is 5.78. The van der Waals surface area contributed by atoms with E-state index in [9.17, 15) is 0 Å². The third kappa shape index (κ3) is 1.77. The van der Waals surface area contributed by atoms with Crippen molar-refractivity contribution in [2.75, 3.05) is 0 Å². The zero-order valence-corrected chi connectivity index (χ0v) is 10.1. The van der Waals surface area contributed by atoms with E-state index in [2.05, 4.69) is 37.9 Å². The summed E-state index contributed by atoms with van der Waals surface area (Å²) in [7, 11) is 0. The van der Waals surface area contributed by atoms with E-state index in [-0.39, 0.29) is 0 Å². The predicted molar refractivity (Wildman–Crippen MR) is 66.7 cm³/mol. The lowest BCUT2D eigenvalue weighted by molar-refractivity contribution is 0.432. The molecule has 2 heteroatoms. The second-order valence-corrected chi connectivity index (χ2v) is 4.73. The van der Waals surface area contributed by atoms with Gasteiger partial charge in [-0.25, -0.2) is 0 Å². The first-order valence-electron chi connectivity index (χ1n) is 4.90.